The first-order chi connectivity index (χ1) is 12.7. The van der Waals surface area contributed by atoms with Gasteiger partial charge in [0.1, 0.15) is 5.01 Å². The predicted molar refractivity (Wildman–Crippen MR) is 107 cm³/mol. The minimum absolute atomic E-state index is 0.125. The Kier molecular flexibility index (Phi) is 5.04. The van der Waals surface area contributed by atoms with E-state index in [1.54, 1.807) is 23.1 Å². The summed E-state index contributed by atoms with van der Waals surface area (Å²) in [5, 5.41) is 9.10. The molecule has 0 N–H and O–H groups in total. The van der Waals surface area contributed by atoms with Crippen LogP contribution in [0.4, 0.5) is 11.4 Å². The second-order valence-electron chi connectivity index (χ2n) is 6.17. The molecule has 4 rings (SSSR count). The van der Waals surface area contributed by atoms with Crippen LogP contribution in [0.1, 0.15) is 22.6 Å². The predicted octanol–water partition coefficient (Wildman–Crippen LogP) is 4.79. The van der Waals surface area contributed by atoms with Crippen molar-refractivity contribution in [2.75, 3.05) is 10.7 Å². The molecular weight excluding hydrogens is 362 g/mol. The van der Waals surface area contributed by atoms with Crippen molar-refractivity contribution in [3.8, 4) is 0 Å². The number of nitrogens with zero attached hydrogens (tertiary/aromatic N) is 3. The van der Waals surface area contributed by atoms with Crippen LogP contribution in [0.3, 0.4) is 0 Å². The minimum atomic E-state index is 0.125. The topological polar surface area (TPSA) is 46.1 Å². The first kappa shape index (κ1) is 17.2. The normalized spacial score (nSPS) is 13.0. The van der Waals surface area contributed by atoms with Gasteiger partial charge in [0, 0.05) is 12.2 Å². The molecule has 2 aromatic carbocycles. The van der Waals surface area contributed by atoms with Gasteiger partial charge in [0.2, 0.25) is 5.91 Å². The van der Waals surface area contributed by atoms with Crippen molar-refractivity contribution in [2.24, 2.45) is 0 Å². The molecule has 4 nitrogen and oxygen atoms in total. The summed E-state index contributed by atoms with van der Waals surface area (Å²) in [5.41, 5.74) is 4.48. The molecule has 0 saturated carbocycles. The van der Waals surface area contributed by atoms with Gasteiger partial charge in [-0.05, 0) is 43.0 Å². The molecule has 0 fully saturated rings. The fourth-order valence-corrected chi connectivity index (χ4v) is 5.04. The summed E-state index contributed by atoms with van der Waals surface area (Å²) in [6.45, 7) is 1.94. The van der Waals surface area contributed by atoms with E-state index < -0.39 is 0 Å². The highest BCUT2D eigenvalue weighted by atomic mass is 32.2. The Morgan fingerprint density at radius 3 is 2.23 bits per heavy atom. The number of anilines is 2. The summed E-state index contributed by atoms with van der Waals surface area (Å²) < 4.78 is 0.923. The highest BCUT2D eigenvalue weighted by Gasteiger charge is 2.25. The highest BCUT2D eigenvalue weighted by molar-refractivity contribution is 8.01. The zero-order valence-corrected chi connectivity index (χ0v) is 16.1. The van der Waals surface area contributed by atoms with E-state index in [4.69, 9.17) is 0 Å². The van der Waals surface area contributed by atoms with Crippen LogP contribution in [0.15, 0.2) is 52.9 Å². The third-order valence-corrected chi connectivity index (χ3v) is 6.40. The molecule has 0 atom stereocenters. The van der Waals surface area contributed by atoms with Crippen molar-refractivity contribution < 1.29 is 4.79 Å². The largest absolute Gasteiger partial charge is 0.280 e. The van der Waals surface area contributed by atoms with Crippen molar-refractivity contribution in [1.29, 1.82) is 0 Å². The summed E-state index contributed by atoms with van der Waals surface area (Å²) in [6, 6.07) is 16.5. The van der Waals surface area contributed by atoms with Crippen LogP contribution in [0.25, 0.3) is 0 Å². The lowest BCUT2D eigenvalue weighted by molar-refractivity contribution is -0.117. The number of thioether (sulfide) groups is 1. The van der Waals surface area contributed by atoms with E-state index in [1.165, 1.54) is 11.1 Å². The lowest BCUT2D eigenvalue weighted by Gasteiger charge is -2.25. The molecule has 26 heavy (non-hydrogen) atoms. The van der Waals surface area contributed by atoms with Crippen molar-refractivity contribution in [2.45, 2.75) is 30.5 Å². The van der Waals surface area contributed by atoms with E-state index in [1.807, 2.05) is 36.1 Å². The molecular formula is C20H19N3OS2. The number of para-hydroxylation sites is 2. The molecule has 1 aliphatic heterocycles. The summed E-state index contributed by atoms with van der Waals surface area (Å²) >= 11 is 3.17. The van der Waals surface area contributed by atoms with Crippen molar-refractivity contribution in [1.82, 2.24) is 10.2 Å². The number of aryl methyl sites for hydroxylation is 3. The van der Waals surface area contributed by atoms with E-state index >= 15 is 0 Å². The standard InChI is InChI=1S/C20H19N3OS2/c1-14-21-22-20(26-14)25-13-12-19(24)23-17-8-4-2-6-15(17)10-11-16-7-3-5-9-18(16)23/h2-9H,10-13H2,1H3. The number of benzene rings is 2. The fourth-order valence-electron chi connectivity index (χ4n) is 3.22. The maximum atomic E-state index is 13.2. The van der Waals surface area contributed by atoms with E-state index in [9.17, 15) is 4.79 Å². The fraction of sp³-hybridized carbons (Fsp3) is 0.250. The Morgan fingerprint density at radius 1 is 1.04 bits per heavy atom. The molecule has 0 saturated heterocycles. The van der Waals surface area contributed by atoms with E-state index in [0.717, 1.165) is 33.6 Å². The first-order valence-electron chi connectivity index (χ1n) is 8.64. The second-order valence-corrected chi connectivity index (χ2v) is 8.70. The van der Waals surface area contributed by atoms with Crippen molar-refractivity contribution in [3.63, 3.8) is 0 Å². The Hall–Kier alpha value is -2.18. The van der Waals surface area contributed by atoms with Crippen LogP contribution >= 0.6 is 23.1 Å². The maximum absolute atomic E-state index is 13.2. The number of amides is 1. The lowest BCUT2D eigenvalue weighted by atomic mass is 10.0. The van der Waals surface area contributed by atoms with E-state index in [0.29, 0.717) is 12.2 Å². The van der Waals surface area contributed by atoms with Gasteiger partial charge in [-0.25, -0.2) is 0 Å². The molecule has 1 aromatic heterocycles. The second kappa shape index (κ2) is 7.60. The summed E-state index contributed by atoms with van der Waals surface area (Å²) in [6.07, 6.45) is 2.37. The van der Waals surface area contributed by atoms with Gasteiger partial charge in [0.05, 0.1) is 11.4 Å². The molecule has 1 aliphatic rings. The molecule has 3 aromatic rings. The van der Waals surface area contributed by atoms with Gasteiger partial charge in [-0.1, -0.05) is 59.5 Å². The first-order valence-corrected chi connectivity index (χ1v) is 10.4. The van der Waals surface area contributed by atoms with Crippen LogP contribution in [0.5, 0.6) is 0 Å². The molecule has 0 aliphatic carbocycles. The van der Waals surface area contributed by atoms with Crippen molar-refractivity contribution >= 4 is 40.4 Å². The van der Waals surface area contributed by atoms with Crippen LogP contribution < -0.4 is 4.90 Å². The van der Waals surface area contributed by atoms with Gasteiger partial charge < -0.3 is 0 Å². The van der Waals surface area contributed by atoms with Crippen LogP contribution in [0.2, 0.25) is 0 Å². The Labute approximate surface area is 161 Å². The zero-order valence-electron chi connectivity index (χ0n) is 14.5. The smallest absolute Gasteiger partial charge is 0.232 e. The highest BCUT2D eigenvalue weighted by Crippen LogP contribution is 2.36. The van der Waals surface area contributed by atoms with Gasteiger partial charge >= 0.3 is 0 Å². The average Bonchev–Trinajstić information content (AvgIpc) is 2.99. The third-order valence-electron chi connectivity index (χ3n) is 4.43. The van der Waals surface area contributed by atoms with Gasteiger partial charge in [0.25, 0.3) is 0 Å². The van der Waals surface area contributed by atoms with E-state index in [-0.39, 0.29) is 5.91 Å². The molecule has 0 bridgehead atoms. The Bertz CT molecular complexity index is 891. The summed E-state index contributed by atoms with van der Waals surface area (Å²) in [7, 11) is 0. The Morgan fingerprint density at radius 2 is 1.65 bits per heavy atom. The molecule has 2 heterocycles. The molecule has 0 radical (unpaired) electrons. The summed E-state index contributed by atoms with van der Waals surface area (Å²) in [4.78, 5) is 15.1. The molecule has 0 unspecified atom stereocenters. The minimum Gasteiger partial charge on any atom is -0.280 e. The number of carbonyl (C=O) groups is 1. The third kappa shape index (κ3) is 3.52. The van der Waals surface area contributed by atoms with Crippen LogP contribution in [0, 0.1) is 6.92 Å². The number of carbonyl (C=O) groups excluding carboxylic acids is 1. The number of hydrogen-bond donors (Lipinski definition) is 0. The molecule has 0 spiro atoms. The Balaban J connectivity index is 1.58. The van der Waals surface area contributed by atoms with Crippen LogP contribution in [-0.4, -0.2) is 21.9 Å². The van der Waals surface area contributed by atoms with E-state index in [2.05, 4.69) is 34.5 Å². The number of hydrogen-bond acceptors (Lipinski definition) is 5. The number of aromatic nitrogens is 2. The number of fused-ring (bicyclic) bond motifs is 2. The van der Waals surface area contributed by atoms with Crippen molar-refractivity contribution in [3.05, 3.63) is 64.7 Å². The lowest BCUT2D eigenvalue weighted by Crippen LogP contribution is -2.27. The van der Waals surface area contributed by atoms with Gasteiger partial charge in [0.15, 0.2) is 4.34 Å². The monoisotopic (exact) mass is 381 g/mol. The summed E-state index contributed by atoms with van der Waals surface area (Å²) in [5.74, 6) is 0.828. The zero-order chi connectivity index (χ0) is 17.9. The molecule has 1 amide bonds. The maximum Gasteiger partial charge on any atom is 0.232 e. The van der Waals surface area contributed by atoms with Crippen LogP contribution in [-0.2, 0) is 17.6 Å². The SMILES string of the molecule is Cc1nnc(SCCC(=O)N2c3ccccc3CCc3ccccc32)s1. The average molecular weight is 382 g/mol. The molecule has 132 valence electrons. The molecule has 6 heteroatoms. The van der Waals surface area contributed by atoms with Gasteiger partial charge in [-0.2, -0.15) is 0 Å². The van der Waals surface area contributed by atoms with Gasteiger partial charge in [-0.3, -0.25) is 9.69 Å². The quantitative estimate of drug-likeness (QED) is 0.610. The number of rotatable bonds is 4. The van der Waals surface area contributed by atoms with Gasteiger partial charge in [-0.15, -0.1) is 10.2 Å².